The molecule has 0 fully saturated rings. The van der Waals surface area contributed by atoms with Gasteiger partial charge in [-0.25, -0.2) is 0 Å². The highest BCUT2D eigenvalue weighted by atomic mass is 32.1. The predicted octanol–water partition coefficient (Wildman–Crippen LogP) is 4.50. The summed E-state index contributed by atoms with van der Waals surface area (Å²) >= 11 is 1.28. The molecule has 2 aromatic carbocycles. The van der Waals surface area contributed by atoms with Gasteiger partial charge in [-0.05, 0) is 54.9 Å². The van der Waals surface area contributed by atoms with Crippen LogP contribution in [0, 0.1) is 6.92 Å². The first-order valence-corrected chi connectivity index (χ1v) is 7.61. The molecule has 1 amide bonds. The molecule has 5 heteroatoms. The van der Waals surface area contributed by atoms with Gasteiger partial charge in [0.1, 0.15) is 11.5 Å². The molecular weight excluding hydrogens is 296 g/mol. The first-order chi connectivity index (χ1) is 10.7. The number of amides is 1. The van der Waals surface area contributed by atoms with Gasteiger partial charge in [-0.3, -0.25) is 4.79 Å². The van der Waals surface area contributed by atoms with Crippen molar-refractivity contribution in [3.8, 4) is 11.5 Å². The molecule has 110 valence electrons. The van der Waals surface area contributed by atoms with Crippen LogP contribution in [0.5, 0.6) is 11.5 Å². The van der Waals surface area contributed by atoms with Crippen LogP contribution < -0.4 is 10.1 Å². The lowest BCUT2D eigenvalue weighted by atomic mass is 10.2. The van der Waals surface area contributed by atoms with E-state index in [1.165, 1.54) is 11.5 Å². The molecule has 1 N–H and O–H groups in total. The van der Waals surface area contributed by atoms with Crippen LogP contribution >= 0.6 is 11.5 Å². The van der Waals surface area contributed by atoms with Gasteiger partial charge in [0.2, 0.25) is 0 Å². The summed E-state index contributed by atoms with van der Waals surface area (Å²) in [6, 6.07) is 16.8. The Morgan fingerprint density at radius 1 is 1.05 bits per heavy atom. The number of rotatable bonds is 4. The minimum Gasteiger partial charge on any atom is -0.457 e. The van der Waals surface area contributed by atoms with Gasteiger partial charge in [-0.15, -0.1) is 0 Å². The van der Waals surface area contributed by atoms with Gasteiger partial charge < -0.3 is 10.1 Å². The molecule has 3 rings (SSSR count). The number of benzene rings is 2. The fourth-order valence-electron chi connectivity index (χ4n) is 1.94. The minimum atomic E-state index is -0.150. The summed E-state index contributed by atoms with van der Waals surface area (Å²) in [4.78, 5) is 12.1. The highest BCUT2D eigenvalue weighted by molar-refractivity contribution is 7.04. The number of nitrogens with one attached hydrogen (secondary N) is 1. The molecule has 0 atom stereocenters. The van der Waals surface area contributed by atoms with Crippen molar-refractivity contribution in [2.45, 2.75) is 6.92 Å². The number of anilines is 1. The molecule has 0 radical (unpaired) electrons. The smallest absolute Gasteiger partial charge is 0.258 e. The quantitative estimate of drug-likeness (QED) is 0.772. The standard InChI is InChI=1S/C17H14N2O2S/c1-12-16(11-22-19-12)17(20)18-13-7-9-15(10-8-13)21-14-5-3-2-4-6-14/h2-11H,1H3,(H,18,20). The third-order valence-electron chi connectivity index (χ3n) is 3.09. The monoisotopic (exact) mass is 310 g/mol. The molecule has 4 nitrogen and oxygen atoms in total. The summed E-state index contributed by atoms with van der Waals surface area (Å²) in [6.45, 7) is 1.82. The molecule has 0 bridgehead atoms. The predicted molar refractivity (Wildman–Crippen MR) is 87.8 cm³/mol. The maximum Gasteiger partial charge on any atom is 0.258 e. The lowest BCUT2D eigenvalue weighted by Crippen LogP contribution is -2.12. The van der Waals surface area contributed by atoms with Crippen LogP contribution in [0.25, 0.3) is 0 Å². The van der Waals surface area contributed by atoms with Crippen molar-refractivity contribution in [2.24, 2.45) is 0 Å². The number of hydrogen-bond acceptors (Lipinski definition) is 4. The van der Waals surface area contributed by atoms with Crippen molar-refractivity contribution >= 4 is 23.1 Å². The molecule has 0 spiro atoms. The number of nitrogens with zero attached hydrogens (tertiary/aromatic N) is 1. The topological polar surface area (TPSA) is 51.2 Å². The molecule has 0 unspecified atom stereocenters. The average Bonchev–Trinajstić information content (AvgIpc) is 2.96. The average molecular weight is 310 g/mol. The van der Waals surface area contributed by atoms with E-state index in [2.05, 4.69) is 9.69 Å². The second-order valence-corrected chi connectivity index (χ2v) is 5.34. The molecule has 22 heavy (non-hydrogen) atoms. The fourth-order valence-corrected chi connectivity index (χ4v) is 2.63. The second-order valence-electron chi connectivity index (χ2n) is 4.71. The van der Waals surface area contributed by atoms with Crippen molar-refractivity contribution in [1.82, 2.24) is 4.37 Å². The van der Waals surface area contributed by atoms with Crippen molar-refractivity contribution < 1.29 is 9.53 Å². The number of para-hydroxylation sites is 1. The van der Waals surface area contributed by atoms with Crippen LogP contribution in [0.3, 0.4) is 0 Å². The van der Waals surface area contributed by atoms with Crippen molar-refractivity contribution in [3.63, 3.8) is 0 Å². The molecule has 0 saturated heterocycles. The molecule has 0 aliphatic heterocycles. The number of carbonyl (C=O) groups is 1. The van der Waals surface area contributed by atoms with E-state index in [4.69, 9.17) is 4.74 Å². The van der Waals surface area contributed by atoms with E-state index < -0.39 is 0 Å². The van der Waals surface area contributed by atoms with E-state index in [1.54, 1.807) is 5.38 Å². The fraction of sp³-hybridized carbons (Fsp3) is 0.0588. The van der Waals surface area contributed by atoms with Gasteiger partial charge in [0.05, 0.1) is 11.3 Å². The van der Waals surface area contributed by atoms with E-state index in [1.807, 2.05) is 61.5 Å². The molecule has 1 aromatic heterocycles. The van der Waals surface area contributed by atoms with Crippen LogP contribution in [0.2, 0.25) is 0 Å². The Labute approximate surface area is 132 Å². The zero-order valence-corrected chi connectivity index (χ0v) is 12.8. The maximum atomic E-state index is 12.1. The van der Waals surface area contributed by atoms with Gasteiger partial charge in [0, 0.05) is 11.1 Å². The van der Waals surface area contributed by atoms with Crippen LogP contribution in [0.4, 0.5) is 5.69 Å². The first kappa shape index (κ1) is 14.3. The Bertz CT molecular complexity index is 767. The number of ether oxygens (including phenoxy) is 1. The van der Waals surface area contributed by atoms with Crippen molar-refractivity contribution in [3.05, 3.63) is 71.2 Å². The maximum absolute atomic E-state index is 12.1. The lowest BCUT2D eigenvalue weighted by molar-refractivity contribution is 0.102. The number of aryl methyl sites for hydroxylation is 1. The van der Waals surface area contributed by atoms with E-state index in [0.717, 1.165) is 22.9 Å². The molecule has 0 aliphatic carbocycles. The Morgan fingerprint density at radius 3 is 2.36 bits per heavy atom. The summed E-state index contributed by atoms with van der Waals surface area (Å²) in [5.74, 6) is 1.35. The first-order valence-electron chi connectivity index (χ1n) is 6.77. The van der Waals surface area contributed by atoms with Crippen molar-refractivity contribution in [1.29, 1.82) is 0 Å². The Hall–Kier alpha value is -2.66. The Kier molecular flexibility index (Phi) is 4.16. The van der Waals surface area contributed by atoms with Crippen molar-refractivity contribution in [2.75, 3.05) is 5.32 Å². The molecular formula is C17H14N2O2S. The summed E-state index contributed by atoms with van der Waals surface area (Å²) in [5.41, 5.74) is 2.07. The third-order valence-corrected chi connectivity index (χ3v) is 3.81. The summed E-state index contributed by atoms with van der Waals surface area (Å²) < 4.78 is 9.81. The van der Waals surface area contributed by atoms with Gasteiger partial charge in [0.25, 0.3) is 5.91 Å². The summed E-state index contributed by atoms with van der Waals surface area (Å²) in [7, 11) is 0. The third kappa shape index (κ3) is 3.32. The van der Waals surface area contributed by atoms with Gasteiger partial charge in [-0.2, -0.15) is 4.37 Å². The van der Waals surface area contributed by atoms with E-state index in [-0.39, 0.29) is 5.91 Å². The largest absolute Gasteiger partial charge is 0.457 e. The van der Waals surface area contributed by atoms with Gasteiger partial charge in [0.15, 0.2) is 0 Å². The Balaban J connectivity index is 1.67. The summed E-state index contributed by atoms with van der Waals surface area (Å²) in [5, 5.41) is 4.60. The van der Waals surface area contributed by atoms with Crippen LogP contribution in [0.1, 0.15) is 16.1 Å². The molecule has 3 aromatic rings. The van der Waals surface area contributed by atoms with Gasteiger partial charge >= 0.3 is 0 Å². The van der Waals surface area contributed by atoms with E-state index >= 15 is 0 Å². The normalized spacial score (nSPS) is 10.2. The Morgan fingerprint density at radius 2 is 1.73 bits per heavy atom. The molecule has 0 aliphatic rings. The van der Waals surface area contributed by atoms with Crippen LogP contribution in [0.15, 0.2) is 60.0 Å². The van der Waals surface area contributed by atoms with Crippen LogP contribution in [-0.4, -0.2) is 10.3 Å². The number of aromatic nitrogens is 1. The zero-order valence-electron chi connectivity index (χ0n) is 11.9. The number of hydrogen-bond donors (Lipinski definition) is 1. The lowest BCUT2D eigenvalue weighted by Gasteiger charge is -2.07. The van der Waals surface area contributed by atoms with Gasteiger partial charge in [-0.1, -0.05) is 18.2 Å². The minimum absolute atomic E-state index is 0.150. The molecule has 0 saturated carbocycles. The zero-order chi connectivity index (χ0) is 15.4. The highest BCUT2D eigenvalue weighted by Gasteiger charge is 2.11. The van der Waals surface area contributed by atoms with E-state index in [0.29, 0.717) is 5.56 Å². The SMILES string of the molecule is Cc1nscc1C(=O)Nc1ccc(Oc2ccccc2)cc1. The summed E-state index contributed by atoms with van der Waals surface area (Å²) in [6.07, 6.45) is 0. The van der Waals surface area contributed by atoms with E-state index in [9.17, 15) is 4.79 Å². The highest BCUT2D eigenvalue weighted by Crippen LogP contribution is 2.23. The number of carbonyl (C=O) groups excluding carboxylic acids is 1. The van der Waals surface area contributed by atoms with Crippen LogP contribution in [-0.2, 0) is 0 Å². The molecule has 1 heterocycles. The second kappa shape index (κ2) is 6.41.